The summed E-state index contributed by atoms with van der Waals surface area (Å²) in [5.74, 6) is 0.683. The molecular weight excluding hydrogens is 222 g/mol. The van der Waals surface area contributed by atoms with Gasteiger partial charge in [-0.3, -0.25) is 4.79 Å². The van der Waals surface area contributed by atoms with Gasteiger partial charge in [-0.1, -0.05) is 31.4 Å². The minimum atomic E-state index is 0.284. The molecule has 2 aliphatic rings. The largest absolute Gasteiger partial charge is 0.385 e. The Morgan fingerprint density at radius 2 is 1.94 bits per heavy atom. The van der Waals surface area contributed by atoms with Gasteiger partial charge in [0.25, 0.3) is 0 Å². The predicted octanol–water partition coefficient (Wildman–Crippen LogP) is 3.81. The van der Waals surface area contributed by atoms with Crippen molar-refractivity contribution in [1.29, 1.82) is 0 Å². The number of hydrogen-bond acceptors (Lipinski definition) is 2. The average molecular weight is 243 g/mol. The van der Waals surface area contributed by atoms with E-state index in [0.717, 1.165) is 37.8 Å². The van der Waals surface area contributed by atoms with E-state index >= 15 is 0 Å². The summed E-state index contributed by atoms with van der Waals surface area (Å²) in [6, 6.07) is 6.15. The molecule has 0 aromatic heterocycles. The number of hydrogen-bond donors (Lipinski definition) is 1. The molecule has 96 valence electrons. The zero-order valence-corrected chi connectivity index (χ0v) is 10.9. The van der Waals surface area contributed by atoms with Crippen LogP contribution in [-0.2, 0) is 6.42 Å². The zero-order chi connectivity index (χ0) is 12.4. The lowest BCUT2D eigenvalue weighted by molar-refractivity contribution is 0.0888. The van der Waals surface area contributed by atoms with Crippen LogP contribution in [0.15, 0.2) is 18.2 Å². The van der Waals surface area contributed by atoms with Crippen LogP contribution in [0.5, 0.6) is 0 Å². The van der Waals surface area contributed by atoms with Crippen molar-refractivity contribution >= 4 is 11.5 Å². The lowest BCUT2D eigenvalue weighted by Gasteiger charge is -2.24. The Kier molecular flexibility index (Phi) is 3.35. The number of rotatable bonds is 2. The van der Waals surface area contributed by atoms with Crippen molar-refractivity contribution in [3.8, 4) is 0 Å². The van der Waals surface area contributed by atoms with Gasteiger partial charge in [0, 0.05) is 23.7 Å². The summed E-state index contributed by atoms with van der Waals surface area (Å²) in [6.45, 7) is 1.04. The molecule has 3 rings (SSSR count). The molecule has 0 unspecified atom stereocenters. The second-order valence-electron chi connectivity index (χ2n) is 5.56. The molecule has 1 N–H and O–H groups in total. The van der Waals surface area contributed by atoms with Crippen LogP contribution in [0.2, 0.25) is 0 Å². The molecule has 0 atom stereocenters. The molecular formula is C16H21NO. The topological polar surface area (TPSA) is 29.1 Å². The van der Waals surface area contributed by atoms with Gasteiger partial charge in [0.1, 0.15) is 0 Å². The fourth-order valence-corrected chi connectivity index (χ4v) is 3.33. The van der Waals surface area contributed by atoms with Crippen molar-refractivity contribution in [3.63, 3.8) is 0 Å². The van der Waals surface area contributed by atoms with Gasteiger partial charge in [-0.25, -0.2) is 0 Å². The van der Waals surface area contributed by atoms with Gasteiger partial charge in [-0.05, 0) is 37.3 Å². The van der Waals surface area contributed by atoms with E-state index in [1.165, 1.54) is 30.5 Å². The molecule has 1 fully saturated rings. The highest BCUT2D eigenvalue weighted by molar-refractivity contribution is 6.00. The highest BCUT2D eigenvalue weighted by atomic mass is 16.1. The number of benzene rings is 1. The molecule has 1 aliphatic carbocycles. The van der Waals surface area contributed by atoms with Gasteiger partial charge >= 0.3 is 0 Å². The number of anilines is 1. The Morgan fingerprint density at radius 3 is 2.78 bits per heavy atom. The van der Waals surface area contributed by atoms with E-state index in [1.807, 2.05) is 12.1 Å². The van der Waals surface area contributed by atoms with E-state index in [-0.39, 0.29) is 5.92 Å². The maximum absolute atomic E-state index is 12.6. The summed E-state index contributed by atoms with van der Waals surface area (Å²) in [5.41, 5.74) is 3.44. The van der Waals surface area contributed by atoms with Gasteiger partial charge in [-0.15, -0.1) is 0 Å². The molecule has 0 amide bonds. The van der Waals surface area contributed by atoms with E-state index in [1.54, 1.807) is 0 Å². The normalized spacial score (nSPS) is 20.0. The average Bonchev–Trinajstić information content (AvgIpc) is 2.47. The van der Waals surface area contributed by atoms with Crippen LogP contribution in [0.1, 0.15) is 54.4 Å². The van der Waals surface area contributed by atoms with Crippen molar-refractivity contribution in [3.05, 3.63) is 29.3 Å². The fraction of sp³-hybridized carbons (Fsp3) is 0.562. The van der Waals surface area contributed by atoms with Crippen LogP contribution in [-0.4, -0.2) is 12.3 Å². The predicted molar refractivity (Wildman–Crippen MR) is 74.2 cm³/mol. The molecule has 0 radical (unpaired) electrons. The monoisotopic (exact) mass is 243 g/mol. The van der Waals surface area contributed by atoms with E-state index < -0.39 is 0 Å². The summed E-state index contributed by atoms with van der Waals surface area (Å²) in [7, 11) is 0. The summed E-state index contributed by atoms with van der Waals surface area (Å²) in [5, 5.41) is 3.41. The van der Waals surface area contributed by atoms with Crippen molar-refractivity contribution in [1.82, 2.24) is 0 Å². The highest BCUT2D eigenvalue weighted by Gasteiger charge is 2.25. The lowest BCUT2D eigenvalue weighted by Crippen LogP contribution is -2.21. The standard InChI is InChI=1S/C16H21NO/c18-16(12-6-2-1-3-7-12)14-8-4-10-15-13(14)9-5-11-17-15/h4,8,10,12,17H,1-3,5-7,9,11H2. The number of nitrogens with one attached hydrogen (secondary N) is 1. The van der Waals surface area contributed by atoms with Crippen LogP contribution in [0.4, 0.5) is 5.69 Å². The second kappa shape index (κ2) is 5.13. The van der Waals surface area contributed by atoms with Gasteiger partial charge in [0.15, 0.2) is 5.78 Å². The van der Waals surface area contributed by atoms with Crippen molar-refractivity contribution < 1.29 is 4.79 Å². The number of carbonyl (C=O) groups excluding carboxylic acids is 1. The molecule has 2 heteroatoms. The molecule has 1 saturated carbocycles. The minimum absolute atomic E-state index is 0.284. The van der Waals surface area contributed by atoms with Crippen molar-refractivity contribution in [2.24, 2.45) is 5.92 Å². The third-order valence-corrected chi connectivity index (χ3v) is 4.34. The number of fused-ring (bicyclic) bond motifs is 1. The number of Topliss-reactive ketones (excluding diaryl/α,β-unsaturated/α-hetero) is 1. The Bertz CT molecular complexity index is 446. The third-order valence-electron chi connectivity index (χ3n) is 4.34. The Morgan fingerprint density at radius 1 is 1.11 bits per heavy atom. The van der Waals surface area contributed by atoms with Gasteiger partial charge in [0.05, 0.1) is 0 Å². The lowest BCUT2D eigenvalue weighted by atomic mass is 9.82. The molecule has 18 heavy (non-hydrogen) atoms. The Balaban J connectivity index is 1.89. The molecule has 1 aromatic rings. The number of ketones is 1. The fourth-order valence-electron chi connectivity index (χ4n) is 3.33. The molecule has 0 spiro atoms. The van der Waals surface area contributed by atoms with E-state index in [9.17, 15) is 4.79 Å². The van der Waals surface area contributed by atoms with Gasteiger partial charge in [-0.2, -0.15) is 0 Å². The maximum atomic E-state index is 12.6. The van der Waals surface area contributed by atoms with Crippen LogP contribution in [0, 0.1) is 5.92 Å². The Labute approximate surface area is 109 Å². The SMILES string of the molecule is O=C(c1cccc2c1CCCN2)C1CCCCC1. The summed E-state index contributed by atoms with van der Waals surface area (Å²) in [6.07, 6.45) is 8.14. The first-order chi connectivity index (χ1) is 8.86. The highest BCUT2D eigenvalue weighted by Crippen LogP contribution is 2.31. The molecule has 0 bridgehead atoms. The zero-order valence-electron chi connectivity index (χ0n) is 10.9. The third kappa shape index (κ3) is 2.16. The summed E-state index contributed by atoms with van der Waals surface area (Å²) in [4.78, 5) is 12.6. The Hall–Kier alpha value is -1.31. The van der Waals surface area contributed by atoms with E-state index in [4.69, 9.17) is 0 Å². The smallest absolute Gasteiger partial charge is 0.166 e. The van der Waals surface area contributed by atoms with E-state index in [0.29, 0.717) is 5.78 Å². The van der Waals surface area contributed by atoms with Crippen molar-refractivity contribution in [2.45, 2.75) is 44.9 Å². The maximum Gasteiger partial charge on any atom is 0.166 e. The van der Waals surface area contributed by atoms with Gasteiger partial charge in [0.2, 0.25) is 0 Å². The molecule has 2 nitrogen and oxygen atoms in total. The molecule has 0 saturated heterocycles. The first-order valence-corrected chi connectivity index (χ1v) is 7.26. The van der Waals surface area contributed by atoms with E-state index in [2.05, 4.69) is 11.4 Å². The van der Waals surface area contributed by atoms with Crippen LogP contribution in [0.3, 0.4) is 0 Å². The van der Waals surface area contributed by atoms with Crippen LogP contribution >= 0.6 is 0 Å². The van der Waals surface area contributed by atoms with Gasteiger partial charge < -0.3 is 5.32 Å². The quantitative estimate of drug-likeness (QED) is 0.800. The number of carbonyl (C=O) groups is 1. The van der Waals surface area contributed by atoms with Crippen LogP contribution in [0.25, 0.3) is 0 Å². The first kappa shape index (κ1) is 11.8. The summed E-state index contributed by atoms with van der Waals surface area (Å²) >= 11 is 0. The summed E-state index contributed by atoms with van der Waals surface area (Å²) < 4.78 is 0. The van der Waals surface area contributed by atoms with Crippen LogP contribution < -0.4 is 5.32 Å². The first-order valence-electron chi connectivity index (χ1n) is 7.26. The second-order valence-corrected chi connectivity index (χ2v) is 5.56. The van der Waals surface area contributed by atoms with Crippen molar-refractivity contribution in [2.75, 3.05) is 11.9 Å². The minimum Gasteiger partial charge on any atom is -0.385 e. The molecule has 1 heterocycles. The molecule has 1 aromatic carbocycles. The molecule has 1 aliphatic heterocycles.